The minimum Gasteiger partial charge on any atom is -0.344 e. The van der Waals surface area contributed by atoms with Gasteiger partial charge < -0.3 is 20.4 Å². The average molecular weight is 596 g/mol. The van der Waals surface area contributed by atoms with E-state index >= 15 is 0 Å². The molecule has 0 spiro atoms. The number of fused-ring (bicyclic) bond motifs is 2. The van der Waals surface area contributed by atoms with Gasteiger partial charge in [-0.25, -0.2) is 9.07 Å². The predicted octanol–water partition coefficient (Wildman–Crippen LogP) is 5.15. The Morgan fingerprint density at radius 2 is 1.79 bits per heavy atom. The van der Waals surface area contributed by atoms with Crippen molar-refractivity contribution in [1.82, 2.24) is 24.6 Å². The van der Waals surface area contributed by atoms with Crippen LogP contribution in [0.25, 0.3) is 10.8 Å². The molecule has 0 aliphatic carbocycles. The van der Waals surface area contributed by atoms with Crippen LogP contribution in [-0.2, 0) is 11.0 Å². The van der Waals surface area contributed by atoms with Crippen molar-refractivity contribution >= 4 is 34.1 Å². The highest BCUT2D eigenvalue weighted by atomic mass is 19.4. The molecule has 1 aliphatic heterocycles. The summed E-state index contributed by atoms with van der Waals surface area (Å²) in [4.78, 5) is 34.5. The largest absolute Gasteiger partial charge is 0.419 e. The Morgan fingerprint density at radius 1 is 1.02 bits per heavy atom. The van der Waals surface area contributed by atoms with E-state index in [1.165, 1.54) is 15.6 Å². The molecule has 3 heterocycles. The van der Waals surface area contributed by atoms with Gasteiger partial charge in [0.25, 0.3) is 11.8 Å². The van der Waals surface area contributed by atoms with E-state index in [9.17, 15) is 27.2 Å². The van der Waals surface area contributed by atoms with Crippen LogP contribution in [0.5, 0.6) is 0 Å². The lowest BCUT2D eigenvalue weighted by Crippen LogP contribution is -2.34. The third-order valence-electron chi connectivity index (χ3n) is 7.18. The van der Waals surface area contributed by atoms with Crippen LogP contribution < -0.4 is 10.6 Å². The molecule has 9 nitrogen and oxygen atoms in total. The molecule has 2 N–H and O–H groups in total. The number of amides is 2. The van der Waals surface area contributed by atoms with Crippen LogP contribution in [0.4, 0.5) is 29.1 Å². The van der Waals surface area contributed by atoms with Gasteiger partial charge in [0.1, 0.15) is 17.7 Å². The minimum absolute atomic E-state index is 0.0467. The molecule has 1 aliphatic rings. The van der Waals surface area contributed by atoms with Crippen LogP contribution in [0, 0.1) is 5.82 Å². The van der Waals surface area contributed by atoms with E-state index < -0.39 is 35.4 Å². The maximum Gasteiger partial charge on any atom is 0.419 e. The van der Waals surface area contributed by atoms with E-state index in [4.69, 9.17) is 0 Å². The van der Waals surface area contributed by atoms with Gasteiger partial charge in [-0.3, -0.25) is 14.6 Å². The molecule has 13 heteroatoms. The van der Waals surface area contributed by atoms with Crippen molar-refractivity contribution < 1.29 is 27.2 Å². The zero-order chi connectivity index (χ0) is 31.1. The smallest absolute Gasteiger partial charge is 0.344 e. The number of carbonyl (C=O) groups is 2. The van der Waals surface area contributed by atoms with Crippen molar-refractivity contribution in [1.29, 1.82) is 0 Å². The summed E-state index contributed by atoms with van der Waals surface area (Å²) in [7, 11) is 5.38. The zero-order valence-corrected chi connectivity index (χ0v) is 23.8. The Kier molecular flexibility index (Phi) is 7.93. The van der Waals surface area contributed by atoms with Crippen molar-refractivity contribution in [2.24, 2.45) is 0 Å². The second-order valence-electron chi connectivity index (χ2n) is 10.6. The molecule has 43 heavy (non-hydrogen) atoms. The zero-order valence-electron chi connectivity index (χ0n) is 23.8. The molecule has 2 amide bonds. The molecule has 2 aromatic carbocycles. The number of nitrogens with one attached hydrogen (secondary N) is 2. The standard InChI is InChI=1S/C30H29F4N7O2/c1-17-26(28(42)37-21-7-5-20-16-35-10-9-18(20)13-21)27(19-6-8-22(23(31)14-19)30(32,33)34)41-25(36-17)15-24(38-41)29(43)40(4)12-11-39(2)3/h5-10,13-16,27,36H,11-12H2,1-4H3,(H,37,42). The molecular weight excluding hydrogens is 566 g/mol. The molecule has 4 aromatic rings. The molecule has 0 bridgehead atoms. The number of benzene rings is 2. The van der Waals surface area contributed by atoms with Crippen LogP contribution in [0.1, 0.15) is 34.6 Å². The first-order chi connectivity index (χ1) is 20.3. The van der Waals surface area contributed by atoms with Gasteiger partial charge in [0, 0.05) is 55.4 Å². The Bertz CT molecular complexity index is 1750. The van der Waals surface area contributed by atoms with Crippen molar-refractivity contribution in [2.75, 3.05) is 44.9 Å². The first-order valence-corrected chi connectivity index (χ1v) is 13.3. The molecule has 2 aromatic heterocycles. The second-order valence-corrected chi connectivity index (χ2v) is 10.6. The van der Waals surface area contributed by atoms with Crippen LogP contribution in [0.2, 0.25) is 0 Å². The van der Waals surface area contributed by atoms with Crippen molar-refractivity contribution in [3.05, 3.63) is 94.8 Å². The first kappa shape index (κ1) is 29.7. The average Bonchev–Trinajstić information content (AvgIpc) is 3.37. The number of aromatic nitrogens is 3. The Hall–Kier alpha value is -4.78. The predicted molar refractivity (Wildman–Crippen MR) is 154 cm³/mol. The van der Waals surface area contributed by atoms with Crippen LogP contribution in [0.3, 0.4) is 0 Å². The number of halogens is 4. The van der Waals surface area contributed by atoms with Crippen LogP contribution >= 0.6 is 0 Å². The second kappa shape index (κ2) is 11.5. The van der Waals surface area contributed by atoms with Gasteiger partial charge in [0.05, 0.1) is 11.1 Å². The van der Waals surface area contributed by atoms with Gasteiger partial charge in [-0.05, 0) is 62.3 Å². The minimum atomic E-state index is -4.90. The van der Waals surface area contributed by atoms with Crippen molar-refractivity contribution in [3.8, 4) is 0 Å². The number of likely N-dealkylation sites (N-methyl/N-ethyl adjacent to an activating group) is 2. The molecule has 0 fully saturated rings. The van der Waals surface area contributed by atoms with Gasteiger partial charge in [-0.15, -0.1) is 0 Å². The molecule has 0 saturated carbocycles. The number of anilines is 2. The van der Waals surface area contributed by atoms with Crippen LogP contribution in [-0.4, -0.2) is 70.6 Å². The number of allylic oxidation sites excluding steroid dienone is 1. The number of alkyl halides is 3. The fourth-order valence-electron chi connectivity index (χ4n) is 4.92. The molecule has 0 saturated heterocycles. The van der Waals surface area contributed by atoms with E-state index in [2.05, 4.69) is 20.7 Å². The van der Waals surface area contributed by atoms with Gasteiger partial charge >= 0.3 is 6.18 Å². The number of nitrogens with zero attached hydrogens (tertiary/aromatic N) is 5. The summed E-state index contributed by atoms with van der Waals surface area (Å²) < 4.78 is 56.3. The van der Waals surface area contributed by atoms with E-state index in [0.29, 0.717) is 36.4 Å². The quantitative estimate of drug-likeness (QED) is 0.287. The third-order valence-corrected chi connectivity index (χ3v) is 7.18. The lowest BCUT2D eigenvalue weighted by molar-refractivity contribution is -0.140. The summed E-state index contributed by atoms with van der Waals surface area (Å²) in [5.74, 6) is -2.14. The number of hydrogen-bond acceptors (Lipinski definition) is 6. The summed E-state index contributed by atoms with van der Waals surface area (Å²) in [6, 6.07) is 9.88. The molecule has 0 radical (unpaired) electrons. The summed E-state index contributed by atoms with van der Waals surface area (Å²) in [5.41, 5.74) is -0.415. The van der Waals surface area contributed by atoms with Crippen LogP contribution in [0.15, 0.2) is 72.2 Å². The lowest BCUT2D eigenvalue weighted by atomic mass is 9.93. The summed E-state index contributed by atoms with van der Waals surface area (Å²) >= 11 is 0. The third kappa shape index (κ3) is 6.07. The first-order valence-electron chi connectivity index (χ1n) is 13.3. The van der Waals surface area contributed by atoms with E-state index in [-0.39, 0.29) is 16.8 Å². The molecular formula is C30H29F4N7O2. The lowest BCUT2D eigenvalue weighted by Gasteiger charge is -2.30. The summed E-state index contributed by atoms with van der Waals surface area (Å²) in [6.07, 6.45) is -1.59. The Labute approximate surface area is 244 Å². The van der Waals surface area contributed by atoms with E-state index in [1.807, 2.05) is 19.0 Å². The maximum absolute atomic E-state index is 14.8. The normalized spacial score (nSPS) is 15.0. The van der Waals surface area contributed by atoms with Gasteiger partial charge in [-0.1, -0.05) is 12.1 Å². The summed E-state index contributed by atoms with van der Waals surface area (Å²) in [5, 5.41) is 12.1. The SMILES string of the molecule is CC1=C(C(=O)Nc2ccc3cnccc3c2)C(c2ccc(C(F)(F)F)c(F)c2)n2nc(C(=O)N(C)CCN(C)C)cc2N1. The number of pyridine rings is 1. The molecule has 5 rings (SSSR count). The van der Waals surface area contributed by atoms with Gasteiger partial charge in [-0.2, -0.15) is 18.3 Å². The highest BCUT2D eigenvalue weighted by Gasteiger charge is 2.38. The van der Waals surface area contributed by atoms with E-state index in [1.54, 1.807) is 50.6 Å². The monoisotopic (exact) mass is 595 g/mol. The Morgan fingerprint density at radius 3 is 2.49 bits per heavy atom. The number of hydrogen-bond donors (Lipinski definition) is 2. The highest BCUT2D eigenvalue weighted by molar-refractivity contribution is 6.07. The fourth-order valence-corrected chi connectivity index (χ4v) is 4.92. The molecule has 224 valence electrons. The maximum atomic E-state index is 14.8. The molecule has 1 unspecified atom stereocenters. The number of rotatable bonds is 7. The van der Waals surface area contributed by atoms with Crippen molar-refractivity contribution in [3.63, 3.8) is 0 Å². The topological polar surface area (TPSA) is 95.4 Å². The Balaban J connectivity index is 1.56. The highest BCUT2D eigenvalue weighted by Crippen LogP contribution is 2.39. The fraction of sp³-hybridized carbons (Fsp3) is 0.267. The van der Waals surface area contributed by atoms with Gasteiger partial charge in [0.2, 0.25) is 0 Å². The summed E-state index contributed by atoms with van der Waals surface area (Å²) in [6.45, 7) is 2.65. The van der Waals surface area contributed by atoms with E-state index in [0.717, 1.165) is 22.9 Å². The van der Waals surface area contributed by atoms with Crippen molar-refractivity contribution in [2.45, 2.75) is 19.1 Å². The molecule has 1 atom stereocenters. The van der Waals surface area contributed by atoms with Gasteiger partial charge in [0.15, 0.2) is 5.69 Å². The number of carbonyl (C=O) groups excluding carboxylic acids is 2.